The lowest BCUT2D eigenvalue weighted by atomic mass is 9.76. The molecule has 2 aromatic rings. The van der Waals surface area contributed by atoms with Gasteiger partial charge in [-0.25, -0.2) is 0 Å². The molecule has 1 aliphatic carbocycles. The first-order chi connectivity index (χ1) is 13.4. The number of likely N-dealkylation sites (N-methyl/N-ethyl adjacent to an activating group) is 1. The molecule has 1 atom stereocenters. The van der Waals surface area contributed by atoms with E-state index in [-0.39, 0.29) is 0 Å². The number of ether oxygens (including phenoxy) is 2. The third-order valence-electron chi connectivity index (χ3n) is 5.75. The van der Waals surface area contributed by atoms with Gasteiger partial charge in [0.25, 0.3) is 0 Å². The summed E-state index contributed by atoms with van der Waals surface area (Å²) in [4.78, 5) is 26.1. The van der Waals surface area contributed by atoms with Crippen molar-refractivity contribution < 1.29 is 19.1 Å². The summed E-state index contributed by atoms with van der Waals surface area (Å²) in [7, 11) is 2.16. The van der Waals surface area contributed by atoms with Crippen LogP contribution in [-0.4, -0.2) is 30.4 Å². The van der Waals surface area contributed by atoms with E-state index in [4.69, 9.17) is 9.47 Å². The van der Waals surface area contributed by atoms with Gasteiger partial charge in [0, 0.05) is 32.0 Å². The fourth-order valence-electron chi connectivity index (χ4n) is 4.55. The Morgan fingerprint density at radius 3 is 2.50 bits per heavy atom. The molecule has 5 heteroatoms. The lowest BCUT2D eigenvalue weighted by Gasteiger charge is -2.40. The lowest BCUT2D eigenvalue weighted by Crippen LogP contribution is -2.35. The van der Waals surface area contributed by atoms with E-state index in [9.17, 15) is 9.59 Å². The molecule has 4 rings (SSSR count). The van der Waals surface area contributed by atoms with Crippen molar-refractivity contribution in [1.82, 2.24) is 4.90 Å². The molecule has 0 bridgehead atoms. The van der Waals surface area contributed by atoms with Crippen LogP contribution in [0.25, 0.3) is 11.1 Å². The van der Waals surface area contributed by atoms with Crippen LogP contribution in [0.5, 0.6) is 11.5 Å². The summed E-state index contributed by atoms with van der Waals surface area (Å²) < 4.78 is 11.2. The van der Waals surface area contributed by atoms with Crippen LogP contribution in [-0.2, 0) is 28.9 Å². The summed E-state index contributed by atoms with van der Waals surface area (Å²) in [5.41, 5.74) is 6.61. The minimum absolute atomic E-state index is 0.307. The Morgan fingerprint density at radius 1 is 1.11 bits per heavy atom. The third kappa shape index (κ3) is 3.00. The Bertz CT molecular complexity index is 979. The van der Waals surface area contributed by atoms with Crippen molar-refractivity contribution in [2.45, 2.75) is 46.1 Å². The highest BCUT2D eigenvalue weighted by Crippen LogP contribution is 2.52. The predicted molar refractivity (Wildman–Crippen MR) is 107 cm³/mol. The van der Waals surface area contributed by atoms with Gasteiger partial charge in [-0.3, -0.25) is 14.5 Å². The van der Waals surface area contributed by atoms with Gasteiger partial charge in [0.1, 0.15) is 0 Å². The fourth-order valence-corrected chi connectivity index (χ4v) is 4.55. The van der Waals surface area contributed by atoms with Crippen LogP contribution in [0.2, 0.25) is 0 Å². The van der Waals surface area contributed by atoms with E-state index in [0.717, 1.165) is 41.6 Å². The van der Waals surface area contributed by atoms with Crippen LogP contribution in [0.15, 0.2) is 24.3 Å². The van der Waals surface area contributed by atoms with E-state index in [0.29, 0.717) is 24.0 Å². The van der Waals surface area contributed by atoms with E-state index < -0.39 is 11.9 Å². The quantitative estimate of drug-likeness (QED) is 0.599. The van der Waals surface area contributed by atoms with Gasteiger partial charge >= 0.3 is 11.9 Å². The first-order valence-electron chi connectivity index (χ1n) is 9.78. The van der Waals surface area contributed by atoms with E-state index in [1.165, 1.54) is 25.0 Å². The second kappa shape index (κ2) is 7.06. The molecule has 0 N–H and O–H groups in total. The standard InChI is InChI=1S/C23H25NO4/c1-5-15-11-17-12-19-20-16(9-10-24(19)4)7-6-8-18(20)21(17)23(28-14(3)26)22(15)27-13(2)25/h6-8,11,19H,5,9-10,12H2,1-4H3/t19-/m1/s1. The number of aryl methyl sites for hydroxylation is 1. The highest BCUT2D eigenvalue weighted by molar-refractivity contribution is 5.87. The van der Waals surface area contributed by atoms with Gasteiger partial charge in [-0.05, 0) is 54.1 Å². The lowest BCUT2D eigenvalue weighted by molar-refractivity contribution is -0.134. The van der Waals surface area contributed by atoms with Crippen LogP contribution in [0.1, 0.15) is 49.1 Å². The second-order valence-corrected chi connectivity index (χ2v) is 7.60. The fraction of sp³-hybridized carbons (Fsp3) is 0.391. The topological polar surface area (TPSA) is 55.8 Å². The number of hydrogen-bond donors (Lipinski definition) is 0. The minimum Gasteiger partial charge on any atom is -0.422 e. The average molecular weight is 379 g/mol. The molecular weight excluding hydrogens is 354 g/mol. The highest BCUT2D eigenvalue weighted by Gasteiger charge is 2.36. The second-order valence-electron chi connectivity index (χ2n) is 7.60. The van der Waals surface area contributed by atoms with Crippen molar-refractivity contribution in [2.75, 3.05) is 13.6 Å². The Kier molecular flexibility index (Phi) is 4.71. The largest absolute Gasteiger partial charge is 0.422 e. The third-order valence-corrected chi connectivity index (χ3v) is 5.75. The molecule has 2 aromatic carbocycles. The first-order valence-corrected chi connectivity index (χ1v) is 9.78. The molecule has 28 heavy (non-hydrogen) atoms. The maximum Gasteiger partial charge on any atom is 0.308 e. The normalized spacial score (nSPS) is 17.5. The Morgan fingerprint density at radius 2 is 1.82 bits per heavy atom. The van der Waals surface area contributed by atoms with Crippen LogP contribution in [0.4, 0.5) is 0 Å². The Hall–Kier alpha value is -2.66. The monoisotopic (exact) mass is 379 g/mol. The summed E-state index contributed by atoms with van der Waals surface area (Å²) in [5.74, 6) is -0.110. The molecule has 5 nitrogen and oxygen atoms in total. The smallest absolute Gasteiger partial charge is 0.308 e. The number of hydrogen-bond acceptors (Lipinski definition) is 5. The maximum atomic E-state index is 11.9. The summed E-state index contributed by atoms with van der Waals surface area (Å²) in [6.07, 6.45) is 2.52. The molecule has 0 spiro atoms. The van der Waals surface area contributed by atoms with Crippen LogP contribution in [0.3, 0.4) is 0 Å². The molecule has 0 aromatic heterocycles. The van der Waals surface area contributed by atoms with E-state index in [2.05, 4.69) is 36.2 Å². The van der Waals surface area contributed by atoms with Crippen molar-refractivity contribution in [3.05, 3.63) is 46.5 Å². The molecule has 0 saturated heterocycles. The van der Waals surface area contributed by atoms with Gasteiger partial charge in [-0.2, -0.15) is 0 Å². The zero-order valence-electron chi connectivity index (χ0n) is 16.8. The van der Waals surface area contributed by atoms with Crippen LogP contribution < -0.4 is 9.47 Å². The van der Waals surface area contributed by atoms with Gasteiger partial charge < -0.3 is 9.47 Å². The van der Waals surface area contributed by atoms with E-state index >= 15 is 0 Å². The summed E-state index contributed by atoms with van der Waals surface area (Å²) in [6.45, 7) is 5.78. The summed E-state index contributed by atoms with van der Waals surface area (Å²) in [6, 6.07) is 8.74. The first kappa shape index (κ1) is 18.7. The number of carbonyl (C=O) groups is 2. The van der Waals surface area contributed by atoms with Gasteiger partial charge in [0.2, 0.25) is 0 Å². The zero-order chi connectivity index (χ0) is 20.0. The zero-order valence-corrected chi connectivity index (χ0v) is 16.8. The average Bonchev–Trinajstić information content (AvgIpc) is 2.65. The molecule has 1 aliphatic heterocycles. The van der Waals surface area contributed by atoms with Gasteiger partial charge in [-0.1, -0.05) is 31.2 Å². The van der Waals surface area contributed by atoms with E-state index in [1.807, 2.05) is 6.92 Å². The van der Waals surface area contributed by atoms with E-state index in [1.54, 1.807) is 0 Å². The van der Waals surface area contributed by atoms with Crippen molar-refractivity contribution in [3.8, 4) is 22.6 Å². The summed E-state index contributed by atoms with van der Waals surface area (Å²) in [5, 5.41) is 0. The highest BCUT2D eigenvalue weighted by atomic mass is 16.6. The molecule has 0 saturated carbocycles. The van der Waals surface area contributed by atoms with Gasteiger partial charge in [0.15, 0.2) is 11.5 Å². The number of fused-ring (bicyclic) bond motifs is 2. The number of benzene rings is 2. The molecule has 0 fully saturated rings. The molecule has 0 amide bonds. The minimum atomic E-state index is -0.424. The SMILES string of the molecule is CCc1cc2c(c(OC(C)=O)c1OC(C)=O)-c1cccc3c1[C@@H](C2)N(C)CC3. The number of carbonyl (C=O) groups excluding carboxylic acids is 2. The number of nitrogens with zero attached hydrogens (tertiary/aromatic N) is 1. The van der Waals surface area contributed by atoms with Crippen LogP contribution in [0, 0.1) is 0 Å². The molecule has 1 heterocycles. The van der Waals surface area contributed by atoms with Gasteiger partial charge in [-0.15, -0.1) is 0 Å². The van der Waals surface area contributed by atoms with Crippen molar-refractivity contribution in [2.24, 2.45) is 0 Å². The van der Waals surface area contributed by atoms with Gasteiger partial charge in [0.05, 0.1) is 0 Å². The van der Waals surface area contributed by atoms with Crippen molar-refractivity contribution in [1.29, 1.82) is 0 Å². The molecular formula is C23H25NO4. The molecule has 0 radical (unpaired) electrons. The summed E-state index contributed by atoms with van der Waals surface area (Å²) >= 11 is 0. The molecule has 2 aliphatic rings. The Labute approximate surface area is 165 Å². The Balaban J connectivity index is 2.03. The number of esters is 2. The number of rotatable bonds is 3. The molecule has 146 valence electrons. The van der Waals surface area contributed by atoms with Crippen LogP contribution >= 0.6 is 0 Å². The predicted octanol–water partition coefficient (Wildman–Crippen LogP) is 3.85. The maximum absolute atomic E-state index is 11.9. The molecule has 0 unspecified atom stereocenters. The van der Waals surface area contributed by atoms with Crippen molar-refractivity contribution >= 4 is 11.9 Å². The van der Waals surface area contributed by atoms with Crippen molar-refractivity contribution in [3.63, 3.8) is 0 Å².